The minimum atomic E-state index is 0.595. The number of hydrogen-bond acceptors (Lipinski definition) is 5. The van der Waals surface area contributed by atoms with Crippen LogP contribution in [0.3, 0.4) is 0 Å². The number of hydrogen-bond donors (Lipinski definition) is 1. The smallest absolute Gasteiger partial charge is 0.226 e. The maximum Gasteiger partial charge on any atom is 0.226 e. The van der Waals surface area contributed by atoms with Gasteiger partial charge in [0.2, 0.25) is 11.8 Å². The summed E-state index contributed by atoms with van der Waals surface area (Å²) >= 11 is 0. The Bertz CT molecular complexity index is 538. The molecule has 102 valence electrons. The first kappa shape index (κ1) is 13.3. The number of nitrogens with one attached hydrogen (secondary N) is 1. The molecule has 0 aromatic carbocycles. The van der Waals surface area contributed by atoms with Crippen molar-refractivity contribution in [2.45, 2.75) is 20.3 Å². The van der Waals surface area contributed by atoms with E-state index in [1.807, 2.05) is 37.7 Å². The van der Waals surface area contributed by atoms with Crippen molar-refractivity contribution in [3.63, 3.8) is 0 Å². The van der Waals surface area contributed by atoms with Gasteiger partial charge < -0.3 is 14.6 Å². The van der Waals surface area contributed by atoms with Gasteiger partial charge in [0, 0.05) is 44.2 Å². The molecule has 0 radical (unpaired) electrons. The van der Waals surface area contributed by atoms with Gasteiger partial charge in [0.25, 0.3) is 0 Å². The van der Waals surface area contributed by atoms with Gasteiger partial charge in [-0.1, -0.05) is 0 Å². The Kier molecular flexibility index (Phi) is 4.33. The molecule has 2 aromatic rings. The monoisotopic (exact) mass is 261 g/mol. The van der Waals surface area contributed by atoms with E-state index in [9.17, 15) is 0 Å². The minimum absolute atomic E-state index is 0.595. The minimum Gasteiger partial charge on any atom is -0.478 e. The molecule has 0 aliphatic rings. The van der Waals surface area contributed by atoms with E-state index in [4.69, 9.17) is 4.74 Å². The molecule has 0 aliphatic heterocycles. The van der Waals surface area contributed by atoms with Gasteiger partial charge in [-0.25, -0.2) is 9.97 Å². The highest BCUT2D eigenvalue weighted by Gasteiger charge is 2.03. The molecule has 0 saturated heterocycles. The lowest BCUT2D eigenvalue weighted by molar-refractivity contribution is 0.326. The maximum absolute atomic E-state index is 5.39. The van der Waals surface area contributed by atoms with Crippen LogP contribution >= 0.6 is 0 Å². The van der Waals surface area contributed by atoms with Gasteiger partial charge in [-0.2, -0.15) is 4.98 Å². The highest BCUT2D eigenvalue weighted by Crippen LogP contribution is 2.11. The van der Waals surface area contributed by atoms with E-state index in [2.05, 4.69) is 20.3 Å². The summed E-state index contributed by atoms with van der Waals surface area (Å²) < 4.78 is 7.40. The molecule has 1 N–H and O–H groups in total. The molecule has 0 amide bonds. The molecule has 6 heteroatoms. The Hall–Kier alpha value is -2.11. The molecule has 0 spiro atoms. The zero-order chi connectivity index (χ0) is 13.7. The van der Waals surface area contributed by atoms with E-state index in [1.165, 1.54) is 0 Å². The number of imidazole rings is 1. The topological polar surface area (TPSA) is 64.9 Å². The molecular weight excluding hydrogens is 242 g/mol. The zero-order valence-electron chi connectivity index (χ0n) is 11.6. The summed E-state index contributed by atoms with van der Waals surface area (Å²) in [6.07, 6.45) is 4.56. The van der Waals surface area contributed by atoms with E-state index < -0.39 is 0 Å². The van der Waals surface area contributed by atoms with Crippen molar-refractivity contribution < 1.29 is 4.74 Å². The fraction of sp³-hybridized carbons (Fsp3) is 0.462. The van der Waals surface area contributed by atoms with E-state index in [-0.39, 0.29) is 0 Å². The molecule has 0 fully saturated rings. The normalized spacial score (nSPS) is 10.5. The van der Waals surface area contributed by atoms with Crippen molar-refractivity contribution in [1.82, 2.24) is 19.5 Å². The summed E-state index contributed by atoms with van der Waals surface area (Å²) in [6.45, 7) is 5.20. The first-order valence-corrected chi connectivity index (χ1v) is 6.37. The zero-order valence-corrected chi connectivity index (χ0v) is 11.6. The van der Waals surface area contributed by atoms with Crippen molar-refractivity contribution in [3.05, 3.63) is 30.0 Å². The average Bonchev–Trinajstić information content (AvgIpc) is 2.75. The van der Waals surface area contributed by atoms with Gasteiger partial charge in [0.05, 0.1) is 6.61 Å². The van der Waals surface area contributed by atoms with Crippen molar-refractivity contribution in [2.24, 2.45) is 7.05 Å². The lowest BCUT2D eigenvalue weighted by Crippen LogP contribution is -2.11. The number of aryl methyl sites for hydroxylation is 2. The largest absolute Gasteiger partial charge is 0.478 e. The number of ether oxygens (including phenoxy) is 1. The van der Waals surface area contributed by atoms with Crippen molar-refractivity contribution >= 4 is 5.95 Å². The van der Waals surface area contributed by atoms with E-state index in [0.717, 1.165) is 24.5 Å². The quantitative estimate of drug-likeness (QED) is 0.855. The van der Waals surface area contributed by atoms with Crippen LogP contribution in [0.25, 0.3) is 0 Å². The summed E-state index contributed by atoms with van der Waals surface area (Å²) in [4.78, 5) is 12.9. The maximum atomic E-state index is 5.39. The molecule has 19 heavy (non-hydrogen) atoms. The fourth-order valence-electron chi connectivity index (χ4n) is 1.76. The summed E-state index contributed by atoms with van der Waals surface area (Å²) in [7, 11) is 1.98. The van der Waals surface area contributed by atoms with Crippen LogP contribution in [0.2, 0.25) is 0 Å². The third-order valence-corrected chi connectivity index (χ3v) is 2.68. The third kappa shape index (κ3) is 3.67. The molecule has 2 heterocycles. The Morgan fingerprint density at radius 2 is 2.21 bits per heavy atom. The van der Waals surface area contributed by atoms with E-state index in [0.29, 0.717) is 18.4 Å². The van der Waals surface area contributed by atoms with Gasteiger partial charge in [0.1, 0.15) is 5.82 Å². The van der Waals surface area contributed by atoms with E-state index >= 15 is 0 Å². The molecule has 6 nitrogen and oxygen atoms in total. The highest BCUT2D eigenvalue weighted by atomic mass is 16.5. The highest BCUT2D eigenvalue weighted by molar-refractivity contribution is 5.30. The van der Waals surface area contributed by atoms with Crippen LogP contribution in [-0.4, -0.2) is 32.7 Å². The number of anilines is 1. The van der Waals surface area contributed by atoms with Crippen LogP contribution in [0.4, 0.5) is 5.95 Å². The fourth-order valence-corrected chi connectivity index (χ4v) is 1.76. The first-order chi connectivity index (χ1) is 9.19. The predicted molar refractivity (Wildman–Crippen MR) is 73.3 cm³/mol. The predicted octanol–water partition coefficient (Wildman–Crippen LogP) is 1.57. The second kappa shape index (κ2) is 6.17. The van der Waals surface area contributed by atoms with Gasteiger partial charge >= 0.3 is 0 Å². The average molecular weight is 261 g/mol. The van der Waals surface area contributed by atoms with Crippen molar-refractivity contribution in [1.29, 1.82) is 0 Å². The second-order valence-corrected chi connectivity index (χ2v) is 4.24. The summed E-state index contributed by atoms with van der Waals surface area (Å²) in [5, 5.41) is 3.19. The van der Waals surface area contributed by atoms with Crippen LogP contribution in [0.15, 0.2) is 18.5 Å². The Morgan fingerprint density at radius 1 is 1.37 bits per heavy atom. The van der Waals surface area contributed by atoms with Crippen LogP contribution in [-0.2, 0) is 13.5 Å². The SMILES string of the molecule is CCOc1cc(C)nc(NCCc2nccn2C)n1. The Labute approximate surface area is 112 Å². The van der Waals surface area contributed by atoms with Crippen LogP contribution < -0.4 is 10.1 Å². The van der Waals surface area contributed by atoms with Gasteiger partial charge in [-0.05, 0) is 13.8 Å². The third-order valence-electron chi connectivity index (χ3n) is 2.68. The molecule has 0 bridgehead atoms. The number of nitrogens with zero attached hydrogens (tertiary/aromatic N) is 4. The lowest BCUT2D eigenvalue weighted by Gasteiger charge is -2.08. The van der Waals surface area contributed by atoms with Crippen molar-refractivity contribution in [2.75, 3.05) is 18.5 Å². The Balaban J connectivity index is 1.94. The van der Waals surface area contributed by atoms with Gasteiger partial charge in [-0.15, -0.1) is 0 Å². The van der Waals surface area contributed by atoms with Gasteiger partial charge in [0.15, 0.2) is 0 Å². The first-order valence-electron chi connectivity index (χ1n) is 6.37. The molecule has 0 saturated carbocycles. The summed E-state index contributed by atoms with van der Waals surface area (Å²) in [6, 6.07) is 1.83. The molecule has 2 aromatic heterocycles. The summed E-state index contributed by atoms with van der Waals surface area (Å²) in [5.74, 6) is 2.23. The second-order valence-electron chi connectivity index (χ2n) is 4.24. The summed E-state index contributed by atoms with van der Waals surface area (Å²) in [5.41, 5.74) is 0.887. The number of rotatable bonds is 6. The molecule has 0 atom stereocenters. The van der Waals surface area contributed by atoms with Crippen LogP contribution in [0.5, 0.6) is 5.88 Å². The molecule has 0 unspecified atom stereocenters. The lowest BCUT2D eigenvalue weighted by atomic mass is 10.4. The number of aromatic nitrogens is 4. The van der Waals surface area contributed by atoms with Crippen LogP contribution in [0, 0.1) is 6.92 Å². The van der Waals surface area contributed by atoms with Gasteiger partial charge in [-0.3, -0.25) is 0 Å². The van der Waals surface area contributed by atoms with Crippen LogP contribution in [0.1, 0.15) is 18.4 Å². The molecule has 0 aliphatic carbocycles. The molecular formula is C13H19N5O. The van der Waals surface area contributed by atoms with Crippen molar-refractivity contribution in [3.8, 4) is 5.88 Å². The molecule has 2 rings (SSSR count). The standard InChI is InChI=1S/C13H19N5O/c1-4-19-12-9-10(2)16-13(17-12)15-6-5-11-14-7-8-18(11)3/h7-9H,4-6H2,1-3H3,(H,15,16,17). The van der Waals surface area contributed by atoms with E-state index in [1.54, 1.807) is 6.20 Å². The Morgan fingerprint density at radius 3 is 2.89 bits per heavy atom.